The first-order valence-corrected chi connectivity index (χ1v) is 13.4. The van der Waals surface area contributed by atoms with Gasteiger partial charge in [0.15, 0.2) is 11.4 Å². The second kappa shape index (κ2) is 10.5. The summed E-state index contributed by atoms with van der Waals surface area (Å²) in [5.74, 6) is 0.0793. The monoisotopic (exact) mass is 570 g/mol. The molecule has 3 aromatic carbocycles. The highest BCUT2D eigenvalue weighted by Gasteiger charge is 2.45. The Hall–Kier alpha value is -3.84. The van der Waals surface area contributed by atoms with Crippen molar-refractivity contribution in [1.29, 1.82) is 0 Å². The third kappa shape index (κ3) is 5.38. The molecule has 0 radical (unpaired) electrons. The molecule has 11 nitrogen and oxygen atoms in total. The van der Waals surface area contributed by atoms with Crippen molar-refractivity contribution >= 4 is 44.9 Å². The molecule has 38 heavy (non-hydrogen) atoms. The van der Waals surface area contributed by atoms with E-state index in [1.807, 2.05) is 6.07 Å². The highest BCUT2D eigenvalue weighted by atomic mass is 35.5. The molecule has 1 unspecified atom stereocenters. The standard InChI is InChI=1S/C24H20Cl2N8O3S/c25-18-8-6-16(7-9-18)22-24(35,17-4-2-1-3-5-17)15-34(30-22)23(27-14-21-28-32-33-29-21)31-38(36,37)20-12-10-19(26)11-13-20/h1-13,35H,14-15H2,(H,27,31)(H,28,29,32,33). The fourth-order valence-corrected chi connectivity index (χ4v) is 5.13. The number of aromatic nitrogens is 4. The molecular formula is C24H20Cl2N8O3S. The molecule has 14 heteroatoms. The highest BCUT2D eigenvalue weighted by Crippen LogP contribution is 2.33. The number of tetrazole rings is 1. The van der Waals surface area contributed by atoms with Gasteiger partial charge in [-0.2, -0.15) is 10.3 Å². The number of aromatic amines is 1. The summed E-state index contributed by atoms with van der Waals surface area (Å²) < 4.78 is 29.0. The van der Waals surface area contributed by atoms with Crippen molar-refractivity contribution in [2.24, 2.45) is 10.1 Å². The van der Waals surface area contributed by atoms with Gasteiger partial charge in [0.1, 0.15) is 12.3 Å². The fraction of sp³-hybridized carbons (Fsp3) is 0.125. The predicted molar refractivity (Wildman–Crippen MR) is 142 cm³/mol. The number of H-pyrrole nitrogens is 1. The van der Waals surface area contributed by atoms with Crippen molar-refractivity contribution in [1.82, 2.24) is 30.4 Å². The summed E-state index contributed by atoms with van der Waals surface area (Å²) >= 11 is 12.0. The van der Waals surface area contributed by atoms with Crippen molar-refractivity contribution in [3.05, 3.63) is 106 Å². The van der Waals surface area contributed by atoms with Crippen LogP contribution in [0.1, 0.15) is 17.0 Å². The van der Waals surface area contributed by atoms with Crippen LogP contribution in [0.5, 0.6) is 0 Å². The molecule has 1 atom stereocenters. The summed E-state index contributed by atoms with van der Waals surface area (Å²) in [7, 11) is -4.11. The Bertz CT molecular complexity index is 1580. The Morgan fingerprint density at radius 3 is 2.32 bits per heavy atom. The minimum atomic E-state index is -4.11. The lowest BCUT2D eigenvalue weighted by atomic mass is 9.86. The van der Waals surface area contributed by atoms with Crippen molar-refractivity contribution in [3.63, 3.8) is 0 Å². The van der Waals surface area contributed by atoms with Gasteiger partial charge in [-0.1, -0.05) is 70.9 Å². The summed E-state index contributed by atoms with van der Waals surface area (Å²) in [4.78, 5) is 4.35. The molecule has 0 bridgehead atoms. The van der Waals surface area contributed by atoms with Crippen LogP contribution in [0.15, 0.2) is 93.9 Å². The van der Waals surface area contributed by atoms with Crippen LogP contribution >= 0.6 is 23.2 Å². The number of sulfonamides is 1. The second-order valence-electron chi connectivity index (χ2n) is 8.27. The second-order valence-corrected chi connectivity index (χ2v) is 10.8. The van der Waals surface area contributed by atoms with Gasteiger partial charge in [0.25, 0.3) is 10.0 Å². The summed E-state index contributed by atoms with van der Waals surface area (Å²) in [6, 6.07) is 21.4. The Kier molecular flexibility index (Phi) is 7.13. The maximum absolute atomic E-state index is 13.3. The normalized spacial score (nSPS) is 17.9. The van der Waals surface area contributed by atoms with Crippen LogP contribution < -0.4 is 4.72 Å². The molecule has 1 aliphatic heterocycles. The molecular weight excluding hydrogens is 551 g/mol. The minimum absolute atomic E-state index is 0.0337. The Labute approximate surface area is 227 Å². The number of hydrogen-bond donors (Lipinski definition) is 3. The van der Waals surface area contributed by atoms with Crippen LogP contribution in [0.25, 0.3) is 0 Å². The van der Waals surface area contributed by atoms with E-state index in [9.17, 15) is 13.5 Å². The van der Waals surface area contributed by atoms with Crippen molar-refractivity contribution in [2.75, 3.05) is 6.54 Å². The van der Waals surface area contributed by atoms with Crippen LogP contribution in [0.3, 0.4) is 0 Å². The first kappa shape index (κ1) is 25.8. The summed E-state index contributed by atoms with van der Waals surface area (Å²) in [6.45, 7) is -0.246. The average Bonchev–Trinajstić information content (AvgIpc) is 3.56. The molecule has 0 spiro atoms. The van der Waals surface area contributed by atoms with E-state index in [0.29, 0.717) is 26.9 Å². The average molecular weight is 571 g/mol. The molecule has 0 amide bonds. The van der Waals surface area contributed by atoms with Gasteiger partial charge in [-0.3, -0.25) is 0 Å². The number of hydrazone groups is 1. The lowest BCUT2D eigenvalue weighted by Gasteiger charge is -2.26. The molecule has 1 aliphatic rings. The summed E-state index contributed by atoms with van der Waals surface area (Å²) in [6.07, 6.45) is 0. The smallest absolute Gasteiger partial charge is 0.264 e. The Morgan fingerprint density at radius 2 is 1.68 bits per heavy atom. The fourth-order valence-electron chi connectivity index (χ4n) is 3.85. The lowest BCUT2D eigenvalue weighted by Crippen LogP contribution is -2.45. The summed E-state index contributed by atoms with van der Waals surface area (Å²) in [5, 5.41) is 32.4. The van der Waals surface area contributed by atoms with Crippen LogP contribution in [0.2, 0.25) is 10.0 Å². The van der Waals surface area contributed by atoms with Crippen molar-refractivity contribution < 1.29 is 13.5 Å². The molecule has 5 rings (SSSR count). The first-order valence-electron chi connectivity index (χ1n) is 11.2. The van der Waals surface area contributed by atoms with E-state index < -0.39 is 15.6 Å². The zero-order valence-electron chi connectivity index (χ0n) is 19.5. The maximum Gasteiger partial charge on any atom is 0.264 e. The zero-order chi connectivity index (χ0) is 26.8. The number of halogens is 2. The minimum Gasteiger partial charge on any atom is -0.377 e. The molecule has 0 fully saturated rings. The number of guanidine groups is 1. The van der Waals surface area contributed by atoms with Crippen molar-refractivity contribution in [2.45, 2.75) is 17.0 Å². The first-order chi connectivity index (χ1) is 18.2. The van der Waals surface area contributed by atoms with E-state index in [0.717, 1.165) is 0 Å². The van der Waals surface area contributed by atoms with Gasteiger partial charge in [-0.25, -0.2) is 23.1 Å². The molecule has 1 aromatic heterocycles. The van der Waals surface area contributed by atoms with Gasteiger partial charge in [0.2, 0.25) is 5.96 Å². The van der Waals surface area contributed by atoms with E-state index in [1.165, 1.54) is 29.3 Å². The Morgan fingerprint density at radius 1 is 1.03 bits per heavy atom. The number of hydrogen-bond acceptors (Lipinski definition) is 8. The van der Waals surface area contributed by atoms with Crippen LogP contribution in [-0.2, 0) is 22.2 Å². The molecule has 194 valence electrons. The number of rotatable bonds is 6. The molecule has 0 saturated heterocycles. The number of nitrogens with zero attached hydrogens (tertiary/aromatic N) is 6. The molecule has 4 aromatic rings. The number of nitrogens with one attached hydrogen (secondary N) is 2. The van der Waals surface area contributed by atoms with Crippen molar-refractivity contribution in [3.8, 4) is 0 Å². The number of benzene rings is 3. The third-order valence-corrected chi connectivity index (χ3v) is 7.56. The van der Waals surface area contributed by atoms with E-state index in [-0.39, 0.29) is 29.8 Å². The molecule has 3 N–H and O–H groups in total. The quantitative estimate of drug-likeness (QED) is 0.238. The SMILES string of the molecule is O=S(=O)(NC(=NCc1nn[nH]n1)N1CC(O)(c2ccccc2)C(c2ccc(Cl)cc2)=N1)c1ccc(Cl)cc1. The largest absolute Gasteiger partial charge is 0.377 e. The topological polar surface area (TPSA) is 149 Å². The van der Waals surface area contributed by atoms with Crippen LogP contribution in [0.4, 0.5) is 0 Å². The number of aliphatic hydroxyl groups is 1. The molecule has 0 saturated carbocycles. The Balaban J connectivity index is 1.57. The number of aliphatic imine (C=N–C) groups is 1. The predicted octanol–water partition coefficient (Wildman–Crippen LogP) is 2.95. The van der Waals surface area contributed by atoms with Gasteiger partial charge >= 0.3 is 0 Å². The van der Waals surface area contributed by atoms with Gasteiger partial charge in [-0.05, 0) is 42.0 Å². The van der Waals surface area contributed by atoms with Gasteiger partial charge in [0.05, 0.1) is 11.4 Å². The van der Waals surface area contributed by atoms with E-state index in [2.05, 4.69) is 35.4 Å². The number of β-amino-alcohol motifs (C(OH)–C–C–N with tert-alkyl or cyclic N) is 1. The third-order valence-electron chi connectivity index (χ3n) is 5.71. The van der Waals surface area contributed by atoms with E-state index in [1.54, 1.807) is 48.5 Å². The van der Waals surface area contributed by atoms with E-state index in [4.69, 9.17) is 23.2 Å². The zero-order valence-corrected chi connectivity index (χ0v) is 21.9. The van der Waals surface area contributed by atoms with E-state index >= 15 is 0 Å². The van der Waals surface area contributed by atoms with Crippen LogP contribution in [-0.4, -0.2) is 57.4 Å². The van der Waals surface area contributed by atoms with Crippen LogP contribution in [0, 0.1) is 0 Å². The van der Waals surface area contributed by atoms with Gasteiger partial charge in [0, 0.05) is 15.6 Å². The summed E-state index contributed by atoms with van der Waals surface area (Å²) in [5.41, 5.74) is -0.151. The lowest BCUT2D eigenvalue weighted by molar-refractivity contribution is 0.103. The van der Waals surface area contributed by atoms with Gasteiger partial charge in [-0.15, -0.1) is 10.2 Å². The van der Waals surface area contributed by atoms with Gasteiger partial charge < -0.3 is 5.11 Å². The highest BCUT2D eigenvalue weighted by molar-refractivity contribution is 7.90. The maximum atomic E-state index is 13.3. The molecule has 2 heterocycles. The molecule has 0 aliphatic carbocycles.